The van der Waals surface area contributed by atoms with Crippen LogP contribution in [0.1, 0.15) is 40.5 Å². The lowest BCUT2D eigenvalue weighted by molar-refractivity contribution is -0.143. The number of rotatable bonds is 7. The van der Waals surface area contributed by atoms with Gasteiger partial charge in [-0.1, -0.05) is 20.8 Å². The van der Waals surface area contributed by atoms with Gasteiger partial charge in [-0.05, 0) is 13.3 Å². The van der Waals surface area contributed by atoms with Gasteiger partial charge in [-0.15, -0.1) is 0 Å². The van der Waals surface area contributed by atoms with Gasteiger partial charge in [-0.3, -0.25) is 14.4 Å². The van der Waals surface area contributed by atoms with Crippen LogP contribution in [0.25, 0.3) is 0 Å². The van der Waals surface area contributed by atoms with Crippen molar-refractivity contribution < 1.29 is 19.5 Å². The molecule has 0 saturated heterocycles. The highest BCUT2D eigenvalue weighted by atomic mass is 16.4. The predicted molar refractivity (Wildman–Crippen MR) is 60.0 cm³/mol. The molecule has 0 aliphatic heterocycles. The molecule has 3 atom stereocenters. The number of carbonyl (C=O) groups is 3. The van der Waals surface area contributed by atoms with Gasteiger partial charge in [0.25, 0.3) is 0 Å². The Labute approximate surface area is 96.0 Å². The van der Waals surface area contributed by atoms with E-state index < -0.39 is 17.8 Å². The fourth-order valence-electron chi connectivity index (χ4n) is 1.56. The van der Waals surface area contributed by atoms with Gasteiger partial charge in [-0.2, -0.15) is 0 Å². The summed E-state index contributed by atoms with van der Waals surface area (Å²) in [5.74, 6) is -2.80. The summed E-state index contributed by atoms with van der Waals surface area (Å²) in [5, 5.41) is 8.57. The summed E-state index contributed by atoms with van der Waals surface area (Å²) < 4.78 is 0. The van der Waals surface area contributed by atoms with Crippen molar-refractivity contribution in [1.82, 2.24) is 0 Å². The highest BCUT2D eigenvalue weighted by Crippen LogP contribution is 2.17. The smallest absolute Gasteiger partial charge is 0.304 e. The summed E-state index contributed by atoms with van der Waals surface area (Å²) in [6, 6.07) is 0. The Hall–Kier alpha value is -1.19. The Balaban J connectivity index is 4.49. The number of hydrogen-bond donors (Lipinski definition) is 1. The molecule has 0 spiro atoms. The molecular weight excluding hydrogens is 208 g/mol. The second-order valence-corrected chi connectivity index (χ2v) is 4.33. The van der Waals surface area contributed by atoms with Gasteiger partial charge in [0.15, 0.2) is 0 Å². The van der Waals surface area contributed by atoms with Gasteiger partial charge in [0.05, 0.1) is 12.3 Å². The van der Waals surface area contributed by atoms with E-state index in [9.17, 15) is 14.4 Å². The van der Waals surface area contributed by atoms with Crippen LogP contribution < -0.4 is 0 Å². The van der Waals surface area contributed by atoms with Gasteiger partial charge in [-0.25, -0.2) is 0 Å². The zero-order chi connectivity index (χ0) is 12.9. The van der Waals surface area contributed by atoms with Crippen LogP contribution in [0.5, 0.6) is 0 Å². The van der Waals surface area contributed by atoms with Gasteiger partial charge in [0.2, 0.25) is 0 Å². The minimum atomic E-state index is -1.01. The fraction of sp³-hybridized carbons (Fsp3) is 0.750. The van der Waals surface area contributed by atoms with E-state index in [1.807, 2.05) is 6.92 Å². The number of carbonyl (C=O) groups excluding carboxylic acids is 2. The molecule has 0 aromatic heterocycles. The maximum Gasteiger partial charge on any atom is 0.304 e. The molecule has 0 aliphatic carbocycles. The number of aliphatic carboxylic acids is 1. The average molecular weight is 228 g/mol. The van der Waals surface area contributed by atoms with Gasteiger partial charge < -0.3 is 5.11 Å². The lowest BCUT2D eigenvalue weighted by Gasteiger charge is -2.16. The number of hydrogen-bond acceptors (Lipinski definition) is 3. The molecule has 0 aliphatic rings. The number of ketones is 2. The van der Waals surface area contributed by atoms with Gasteiger partial charge in [0, 0.05) is 11.8 Å². The number of carboxylic acids is 1. The van der Waals surface area contributed by atoms with Crippen LogP contribution in [0.3, 0.4) is 0 Å². The van der Waals surface area contributed by atoms with E-state index in [1.54, 1.807) is 20.8 Å². The zero-order valence-electron chi connectivity index (χ0n) is 10.3. The molecule has 0 radical (unpaired) electrons. The van der Waals surface area contributed by atoms with E-state index in [4.69, 9.17) is 5.11 Å². The van der Waals surface area contributed by atoms with Crippen LogP contribution in [0.2, 0.25) is 0 Å². The summed E-state index contributed by atoms with van der Waals surface area (Å²) in [4.78, 5) is 34.0. The zero-order valence-corrected chi connectivity index (χ0v) is 10.3. The third-order valence-electron chi connectivity index (χ3n) is 2.92. The molecule has 16 heavy (non-hydrogen) atoms. The summed E-state index contributed by atoms with van der Waals surface area (Å²) in [6.45, 7) is 6.79. The second-order valence-electron chi connectivity index (χ2n) is 4.33. The molecule has 0 rings (SSSR count). The summed E-state index contributed by atoms with van der Waals surface area (Å²) in [6.07, 6.45) is 0.487. The second kappa shape index (κ2) is 6.40. The van der Waals surface area contributed by atoms with E-state index in [1.165, 1.54) is 0 Å². The Morgan fingerprint density at radius 3 is 1.81 bits per heavy atom. The summed E-state index contributed by atoms with van der Waals surface area (Å²) >= 11 is 0. The van der Waals surface area contributed by atoms with Crippen LogP contribution in [0.4, 0.5) is 0 Å². The highest BCUT2D eigenvalue weighted by molar-refractivity contribution is 6.04. The van der Waals surface area contributed by atoms with Crippen molar-refractivity contribution in [3.05, 3.63) is 0 Å². The van der Waals surface area contributed by atoms with Crippen molar-refractivity contribution in [2.45, 2.75) is 40.5 Å². The molecule has 0 heterocycles. The maximum atomic E-state index is 11.8. The Bertz CT molecular complexity index is 283. The van der Waals surface area contributed by atoms with E-state index in [2.05, 4.69) is 0 Å². The molecule has 4 nitrogen and oxygen atoms in total. The van der Waals surface area contributed by atoms with Crippen LogP contribution in [0.15, 0.2) is 0 Å². The van der Waals surface area contributed by atoms with Gasteiger partial charge in [0.1, 0.15) is 11.6 Å². The normalized spacial score (nSPS) is 16.2. The molecule has 4 heteroatoms. The van der Waals surface area contributed by atoms with Gasteiger partial charge >= 0.3 is 5.97 Å². The van der Waals surface area contributed by atoms with Crippen LogP contribution in [0, 0.1) is 17.8 Å². The summed E-state index contributed by atoms with van der Waals surface area (Å²) in [7, 11) is 0. The Morgan fingerprint density at radius 1 is 1.00 bits per heavy atom. The molecule has 0 saturated carbocycles. The first kappa shape index (κ1) is 14.8. The Morgan fingerprint density at radius 2 is 1.44 bits per heavy atom. The first-order chi connectivity index (χ1) is 7.31. The van der Waals surface area contributed by atoms with Crippen molar-refractivity contribution in [2.75, 3.05) is 0 Å². The van der Waals surface area contributed by atoms with E-state index in [0.717, 1.165) is 0 Å². The highest BCUT2D eigenvalue weighted by Gasteiger charge is 2.29. The van der Waals surface area contributed by atoms with Crippen molar-refractivity contribution in [2.24, 2.45) is 17.8 Å². The topological polar surface area (TPSA) is 71.4 Å². The van der Waals surface area contributed by atoms with Crippen LogP contribution >= 0.6 is 0 Å². The molecule has 0 aromatic carbocycles. The predicted octanol–water partition coefficient (Wildman–Crippen LogP) is 1.92. The third-order valence-corrected chi connectivity index (χ3v) is 2.92. The largest absolute Gasteiger partial charge is 0.481 e. The third kappa shape index (κ3) is 4.13. The number of Topliss-reactive ketones (excluding diaryl/α,β-unsaturated/α-hetero) is 2. The minimum absolute atomic E-state index is 0.0928. The first-order valence-corrected chi connectivity index (χ1v) is 5.60. The molecule has 0 fully saturated rings. The summed E-state index contributed by atoms with van der Waals surface area (Å²) in [5.41, 5.74) is 0. The molecule has 0 bridgehead atoms. The molecule has 92 valence electrons. The number of carboxylic acid groups (broad SMARTS) is 1. The van der Waals surface area contributed by atoms with Crippen molar-refractivity contribution in [3.8, 4) is 0 Å². The van der Waals surface area contributed by atoms with Crippen LogP contribution in [-0.4, -0.2) is 22.6 Å². The monoisotopic (exact) mass is 228 g/mol. The standard InChI is InChI=1S/C12H20O4/c1-5-7(2)11(15)9(4)12(16)8(3)6-10(13)14/h7-9H,5-6H2,1-4H3,(H,13,14). The lowest BCUT2D eigenvalue weighted by Crippen LogP contribution is -2.30. The van der Waals surface area contributed by atoms with Crippen LogP contribution in [-0.2, 0) is 14.4 Å². The average Bonchev–Trinajstić information content (AvgIpc) is 2.23. The maximum absolute atomic E-state index is 11.8. The van der Waals surface area contributed by atoms with Crippen molar-refractivity contribution >= 4 is 17.5 Å². The van der Waals surface area contributed by atoms with E-state index in [0.29, 0.717) is 6.42 Å². The van der Waals surface area contributed by atoms with E-state index >= 15 is 0 Å². The Kier molecular flexibility index (Phi) is 5.93. The molecule has 1 N–H and O–H groups in total. The van der Waals surface area contributed by atoms with E-state index in [-0.39, 0.29) is 23.9 Å². The molecular formula is C12H20O4. The van der Waals surface area contributed by atoms with Crippen molar-refractivity contribution in [1.29, 1.82) is 0 Å². The lowest BCUT2D eigenvalue weighted by atomic mass is 9.85. The minimum Gasteiger partial charge on any atom is -0.481 e. The molecule has 0 aromatic rings. The fourth-order valence-corrected chi connectivity index (χ4v) is 1.56. The molecule has 0 amide bonds. The SMILES string of the molecule is CCC(C)C(=O)C(C)C(=O)C(C)CC(=O)O. The van der Waals surface area contributed by atoms with Crippen molar-refractivity contribution in [3.63, 3.8) is 0 Å². The quantitative estimate of drug-likeness (QED) is 0.676. The first-order valence-electron chi connectivity index (χ1n) is 5.60. The molecule has 3 unspecified atom stereocenters.